The number of sulfonamides is 1. The maximum absolute atomic E-state index is 12.6. The van der Waals surface area contributed by atoms with Gasteiger partial charge in [0.15, 0.2) is 11.5 Å². The minimum absolute atomic E-state index is 0.110. The fourth-order valence-electron chi connectivity index (χ4n) is 2.04. The van der Waals surface area contributed by atoms with E-state index in [1.165, 1.54) is 57.7 Å². The highest BCUT2D eigenvalue weighted by molar-refractivity contribution is 7.92. The molecule has 0 aromatic heterocycles. The summed E-state index contributed by atoms with van der Waals surface area (Å²) in [7, 11) is 0.0916. The number of nitrogens with one attached hydrogen (secondary N) is 1. The highest BCUT2D eigenvalue weighted by atomic mass is 35.5. The van der Waals surface area contributed by atoms with Crippen molar-refractivity contribution in [3.63, 3.8) is 0 Å². The third kappa shape index (κ3) is 4.15. The van der Waals surface area contributed by atoms with E-state index in [9.17, 15) is 13.2 Å². The van der Waals surface area contributed by atoms with E-state index in [1.54, 1.807) is 0 Å². The van der Waals surface area contributed by atoms with Gasteiger partial charge in [0.2, 0.25) is 0 Å². The molecule has 2 aromatic rings. The zero-order valence-electron chi connectivity index (χ0n) is 13.7. The summed E-state index contributed by atoms with van der Waals surface area (Å²) in [5.41, 5.74) is 0.228. The topological polar surface area (TPSA) is 90.9 Å². The van der Waals surface area contributed by atoms with Crippen LogP contribution in [0.25, 0.3) is 0 Å². The van der Waals surface area contributed by atoms with Crippen molar-refractivity contribution in [1.82, 2.24) is 0 Å². The van der Waals surface area contributed by atoms with Crippen molar-refractivity contribution in [2.24, 2.45) is 0 Å². The summed E-state index contributed by atoms with van der Waals surface area (Å²) in [6.07, 6.45) is 0. The molecule has 0 spiro atoms. The zero-order valence-corrected chi connectivity index (χ0v) is 15.3. The number of esters is 1. The third-order valence-corrected chi connectivity index (χ3v) is 4.96. The molecule has 7 nitrogen and oxygen atoms in total. The molecule has 2 aromatic carbocycles. The maximum atomic E-state index is 12.6. The first-order chi connectivity index (χ1) is 11.8. The largest absolute Gasteiger partial charge is 0.493 e. The van der Waals surface area contributed by atoms with Gasteiger partial charge >= 0.3 is 5.97 Å². The number of anilines is 1. The highest BCUT2D eigenvalue weighted by Gasteiger charge is 2.19. The number of rotatable bonds is 6. The minimum Gasteiger partial charge on any atom is -0.493 e. The first-order valence-corrected chi connectivity index (χ1v) is 8.81. The van der Waals surface area contributed by atoms with Gasteiger partial charge in [0.05, 0.1) is 42.5 Å². The summed E-state index contributed by atoms with van der Waals surface area (Å²) in [5, 5.41) is 0.130. The van der Waals surface area contributed by atoms with Crippen LogP contribution >= 0.6 is 11.6 Å². The van der Waals surface area contributed by atoms with Gasteiger partial charge in [-0.2, -0.15) is 0 Å². The van der Waals surface area contributed by atoms with Crippen LogP contribution in [0.2, 0.25) is 5.02 Å². The Morgan fingerprint density at radius 1 is 1.04 bits per heavy atom. The number of methoxy groups -OCH3 is 3. The number of halogens is 1. The predicted octanol–water partition coefficient (Wildman–Crippen LogP) is 2.94. The summed E-state index contributed by atoms with van der Waals surface area (Å²) < 4.78 is 42.4. The van der Waals surface area contributed by atoms with Crippen LogP contribution in [0.5, 0.6) is 11.5 Å². The quantitative estimate of drug-likeness (QED) is 0.769. The van der Waals surface area contributed by atoms with Crippen molar-refractivity contribution >= 4 is 33.3 Å². The summed E-state index contributed by atoms with van der Waals surface area (Å²) in [6.45, 7) is 0. The van der Waals surface area contributed by atoms with Crippen LogP contribution in [-0.2, 0) is 14.8 Å². The number of carbonyl (C=O) groups is 1. The number of benzene rings is 2. The molecule has 25 heavy (non-hydrogen) atoms. The van der Waals surface area contributed by atoms with Crippen LogP contribution in [0.3, 0.4) is 0 Å². The van der Waals surface area contributed by atoms with Crippen molar-refractivity contribution < 1.29 is 27.4 Å². The van der Waals surface area contributed by atoms with E-state index < -0.39 is 16.0 Å². The summed E-state index contributed by atoms with van der Waals surface area (Å²) in [4.78, 5) is 11.5. The van der Waals surface area contributed by atoms with E-state index >= 15 is 0 Å². The predicted molar refractivity (Wildman–Crippen MR) is 93.1 cm³/mol. The first-order valence-electron chi connectivity index (χ1n) is 6.95. The van der Waals surface area contributed by atoms with Crippen molar-refractivity contribution in [3.8, 4) is 11.5 Å². The molecule has 0 fully saturated rings. The van der Waals surface area contributed by atoms with Crippen LogP contribution in [0.4, 0.5) is 5.69 Å². The van der Waals surface area contributed by atoms with Crippen LogP contribution in [0.15, 0.2) is 41.3 Å². The smallest absolute Gasteiger partial charge is 0.337 e. The van der Waals surface area contributed by atoms with Crippen LogP contribution in [0, 0.1) is 0 Å². The molecule has 0 aliphatic heterocycles. The van der Waals surface area contributed by atoms with E-state index in [2.05, 4.69) is 9.46 Å². The molecule has 0 aliphatic carbocycles. The average Bonchev–Trinajstić information content (AvgIpc) is 2.62. The lowest BCUT2D eigenvalue weighted by atomic mass is 10.2. The van der Waals surface area contributed by atoms with Gasteiger partial charge < -0.3 is 14.2 Å². The van der Waals surface area contributed by atoms with Gasteiger partial charge in [-0.15, -0.1) is 0 Å². The molecule has 0 saturated heterocycles. The van der Waals surface area contributed by atoms with E-state index in [-0.39, 0.29) is 21.2 Å². The molecular formula is C16H16ClNO6S. The Labute approximate surface area is 150 Å². The maximum Gasteiger partial charge on any atom is 0.337 e. The van der Waals surface area contributed by atoms with E-state index in [4.69, 9.17) is 21.1 Å². The number of hydrogen-bond acceptors (Lipinski definition) is 6. The van der Waals surface area contributed by atoms with Crippen LogP contribution < -0.4 is 14.2 Å². The Hall–Kier alpha value is -2.45. The van der Waals surface area contributed by atoms with Crippen LogP contribution in [0.1, 0.15) is 10.4 Å². The van der Waals surface area contributed by atoms with E-state index in [0.29, 0.717) is 11.5 Å². The van der Waals surface area contributed by atoms with Crippen LogP contribution in [-0.4, -0.2) is 35.7 Å². The standard InChI is InChI=1S/C16H16ClNO6S/c1-22-14-8-12(17)13(9-15(14)23-2)18-25(20,21)11-6-4-5-10(7-11)16(19)24-3/h4-9,18H,1-3H3. The fraction of sp³-hybridized carbons (Fsp3) is 0.188. The van der Waals surface area contributed by atoms with Crippen molar-refractivity contribution in [2.75, 3.05) is 26.1 Å². The Balaban J connectivity index is 2.41. The first kappa shape index (κ1) is 18.9. The highest BCUT2D eigenvalue weighted by Crippen LogP contribution is 2.36. The molecule has 0 unspecified atom stereocenters. The van der Waals surface area contributed by atoms with Crippen molar-refractivity contribution in [1.29, 1.82) is 0 Å². The summed E-state index contributed by atoms with van der Waals surface area (Å²) >= 11 is 6.10. The Morgan fingerprint density at radius 3 is 2.28 bits per heavy atom. The number of ether oxygens (including phenoxy) is 3. The van der Waals surface area contributed by atoms with Gasteiger partial charge in [-0.25, -0.2) is 13.2 Å². The number of hydrogen-bond donors (Lipinski definition) is 1. The monoisotopic (exact) mass is 385 g/mol. The average molecular weight is 386 g/mol. The van der Waals surface area contributed by atoms with Gasteiger partial charge in [0, 0.05) is 12.1 Å². The molecule has 0 heterocycles. The lowest BCUT2D eigenvalue weighted by Crippen LogP contribution is -2.14. The van der Waals surface area contributed by atoms with Gasteiger partial charge in [-0.1, -0.05) is 17.7 Å². The summed E-state index contributed by atoms with van der Waals surface area (Å²) in [6, 6.07) is 8.30. The molecule has 0 saturated carbocycles. The molecule has 0 amide bonds. The fourth-order valence-corrected chi connectivity index (χ4v) is 3.42. The molecule has 0 bridgehead atoms. The van der Waals surface area contributed by atoms with Crippen molar-refractivity contribution in [2.45, 2.75) is 4.90 Å². The molecule has 2 rings (SSSR count). The minimum atomic E-state index is -3.98. The molecule has 134 valence electrons. The second-order valence-electron chi connectivity index (χ2n) is 4.81. The molecule has 0 radical (unpaired) electrons. The second kappa shape index (κ2) is 7.62. The second-order valence-corrected chi connectivity index (χ2v) is 6.90. The molecule has 1 N–H and O–H groups in total. The Kier molecular flexibility index (Phi) is 5.76. The Morgan fingerprint density at radius 2 is 1.68 bits per heavy atom. The van der Waals surface area contributed by atoms with Gasteiger partial charge in [-0.3, -0.25) is 4.72 Å². The molecular weight excluding hydrogens is 370 g/mol. The van der Waals surface area contributed by atoms with Crippen molar-refractivity contribution in [3.05, 3.63) is 47.0 Å². The Bertz CT molecular complexity index is 897. The lowest BCUT2D eigenvalue weighted by Gasteiger charge is -2.14. The number of carbonyl (C=O) groups excluding carboxylic acids is 1. The zero-order chi connectivity index (χ0) is 18.6. The normalized spacial score (nSPS) is 10.9. The molecule has 0 aliphatic rings. The summed E-state index contributed by atoms with van der Waals surface area (Å²) in [5.74, 6) is 0.0391. The molecule has 9 heteroatoms. The van der Waals surface area contributed by atoms with Gasteiger partial charge in [-0.05, 0) is 18.2 Å². The lowest BCUT2D eigenvalue weighted by molar-refractivity contribution is 0.0600. The van der Waals surface area contributed by atoms with E-state index in [0.717, 1.165) is 0 Å². The SMILES string of the molecule is COC(=O)c1cccc(S(=O)(=O)Nc2cc(OC)c(OC)cc2Cl)c1. The molecule has 0 atom stereocenters. The third-order valence-electron chi connectivity index (χ3n) is 3.28. The van der Waals surface area contributed by atoms with E-state index in [1.807, 2.05) is 0 Å². The van der Waals surface area contributed by atoms with Gasteiger partial charge in [0.1, 0.15) is 0 Å². The van der Waals surface area contributed by atoms with Gasteiger partial charge in [0.25, 0.3) is 10.0 Å².